The number of fused-ring (bicyclic) bond motifs is 2. The molecule has 5 aromatic rings. The molecule has 13 heteroatoms. The lowest BCUT2D eigenvalue weighted by molar-refractivity contribution is -0.126. The molecule has 2 N–H and O–H groups in total. The maximum Gasteiger partial charge on any atom is 0.393 e. The number of hydrogen-bond donors (Lipinski definition) is 2. The lowest BCUT2D eigenvalue weighted by Crippen LogP contribution is -2.28. The van der Waals surface area contributed by atoms with Crippen molar-refractivity contribution in [2.24, 2.45) is 0 Å². The molecule has 5 heterocycles. The van der Waals surface area contributed by atoms with Gasteiger partial charge in [0.1, 0.15) is 28.7 Å². The molecule has 1 fully saturated rings. The predicted octanol–water partition coefficient (Wildman–Crippen LogP) is 5.58. The summed E-state index contributed by atoms with van der Waals surface area (Å²) in [5, 5.41) is 18.2. The number of thiophene rings is 1. The minimum absolute atomic E-state index is 0.170. The number of aromatic nitrogens is 5. The average molecular weight is 569 g/mol. The molecule has 4 aromatic heterocycles. The Labute approximate surface area is 230 Å². The molecule has 0 spiro atoms. The lowest BCUT2D eigenvalue weighted by atomic mass is 10.1. The summed E-state index contributed by atoms with van der Waals surface area (Å²) in [5.41, 5.74) is 3.68. The number of nitrogens with one attached hydrogen (secondary N) is 2. The van der Waals surface area contributed by atoms with E-state index in [1.807, 2.05) is 22.9 Å². The summed E-state index contributed by atoms with van der Waals surface area (Å²) < 4.78 is 44.3. The van der Waals surface area contributed by atoms with E-state index >= 15 is 0 Å². The van der Waals surface area contributed by atoms with E-state index in [1.54, 1.807) is 24.2 Å². The molecule has 39 heavy (non-hydrogen) atoms. The van der Waals surface area contributed by atoms with Gasteiger partial charge < -0.3 is 9.47 Å². The monoisotopic (exact) mass is 568 g/mol. The zero-order valence-corrected chi connectivity index (χ0v) is 22.4. The summed E-state index contributed by atoms with van der Waals surface area (Å²) in [6.45, 7) is 4.05. The molecule has 0 radical (unpaired) electrons. The molecule has 8 nitrogen and oxygen atoms in total. The van der Waals surface area contributed by atoms with Gasteiger partial charge in [0.05, 0.1) is 24.5 Å². The molecule has 1 saturated heterocycles. The number of anilines is 1. The first-order chi connectivity index (χ1) is 18.8. The van der Waals surface area contributed by atoms with Crippen LogP contribution in [0.2, 0.25) is 0 Å². The Morgan fingerprint density at radius 2 is 2.13 bits per heavy atom. The second-order valence-electron chi connectivity index (χ2n) is 9.53. The maximum absolute atomic E-state index is 12.9. The highest BCUT2D eigenvalue weighted by molar-refractivity contribution is 7.97. The van der Waals surface area contributed by atoms with E-state index in [-0.39, 0.29) is 10.9 Å². The van der Waals surface area contributed by atoms with Crippen LogP contribution in [0.15, 0.2) is 47.9 Å². The summed E-state index contributed by atoms with van der Waals surface area (Å²) in [5.74, 6) is 0.680. The first kappa shape index (κ1) is 25.7. The van der Waals surface area contributed by atoms with Crippen molar-refractivity contribution >= 4 is 50.2 Å². The molecular formula is C26H23F3N8S2. The van der Waals surface area contributed by atoms with Crippen molar-refractivity contribution in [3.05, 3.63) is 64.7 Å². The fourth-order valence-electron chi connectivity index (χ4n) is 5.00. The minimum Gasteiger partial charge on any atom is -0.354 e. The van der Waals surface area contributed by atoms with Gasteiger partial charge in [-0.3, -0.25) is 9.82 Å². The van der Waals surface area contributed by atoms with E-state index in [9.17, 15) is 18.4 Å². The van der Waals surface area contributed by atoms with Crippen molar-refractivity contribution in [1.82, 2.24) is 29.5 Å². The van der Waals surface area contributed by atoms with Crippen LogP contribution in [0.25, 0.3) is 21.1 Å². The smallest absolute Gasteiger partial charge is 0.354 e. The van der Waals surface area contributed by atoms with Crippen LogP contribution in [0.4, 0.5) is 19.0 Å². The number of nitriles is 1. The van der Waals surface area contributed by atoms with Crippen LogP contribution in [0.1, 0.15) is 28.1 Å². The molecule has 1 aliphatic rings. The third-order valence-electron chi connectivity index (χ3n) is 6.87. The number of rotatable bonds is 7. The van der Waals surface area contributed by atoms with Gasteiger partial charge in [-0.25, -0.2) is 9.97 Å². The molecule has 1 unspecified atom stereocenters. The van der Waals surface area contributed by atoms with Crippen LogP contribution in [-0.2, 0) is 13.0 Å². The lowest BCUT2D eigenvalue weighted by Gasteiger charge is -2.18. The second kappa shape index (κ2) is 10.2. The molecule has 0 saturated carbocycles. The molecule has 0 bridgehead atoms. The van der Waals surface area contributed by atoms with E-state index in [2.05, 4.69) is 48.8 Å². The van der Waals surface area contributed by atoms with Crippen molar-refractivity contribution in [2.45, 2.75) is 43.4 Å². The third kappa shape index (κ3) is 5.19. The Morgan fingerprint density at radius 3 is 2.90 bits per heavy atom. The van der Waals surface area contributed by atoms with Crippen molar-refractivity contribution in [3.63, 3.8) is 0 Å². The average Bonchev–Trinajstić information content (AvgIpc) is 3.69. The van der Waals surface area contributed by atoms with Gasteiger partial charge in [0, 0.05) is 51.6 Å². The highest BCUT2D eigenvalue weighted by Gasteiger charge is 2.30. The fourth-order valence-corrected chi connectivity index (χ4v) is 6.91. The number of benzene rings is 1. The summed E-state index contributed by atoms with van der Waals surface area (Å²) in [6, 6.07) is 10.1. The number of nitrogens with zero attached hydrogens (tertiary/aromatic N) is 6. The van der Waals surface area contributed by atoms with Crippen LogP contribution in [0.5, 0.6) is 0 Å². The van der Waals surface area contributed by atoms with Crippen LogP contribution in [0, 0.1) is 18.3 Å². The van der Waals surface area contributed by atoms with Crippen molar-refractivity contribution in [1.29, 1.82) is 5.26 Å². The largest absolute Gasteiger partial charge is 0.393 e. The van der Waals surface area contributed by atoms with Gasteiger partial charge in [0.25, 0.3) is 0 Å². The van der Waals surface area contributed by atoms with Gasteiger partial charge in [0.2, 0.25) is 0 Å². The molecule has 200 valence electrons. The van der Waals surface area contributed by atoms with Gasteiger partial charge >= 0.3 is 6.18 Å². The zero-order chi connectivity index (χ0) is 27.1. The van der Waals surface area contributed by atoms with E-state index in [1.165, 1.54) is 6.33 Å². The van der Waals surface area contributed by atoms with E-state index < -0.39 is 12.6 Å². The Balaban J connectivity index is 1.16. The zero-order valence-electron chi connectivity index (χ0n) is 20.8. The van der Waals surface area contributed by atoms with E-state index in [0.717, 1.165) is 51.2 Å². The first-order valence-electron chi connectivity index (χ1n) is 12.3. The number of aromatic amines is 1. The fraction of sp³-hybridized carbons (Fsp3) is 0.308. The van der Waals surface area contributed by atoms with Crippen molar-refractivity contribution < 1.29 is 13.2 Å². The molecule has 0 amide bonds. The van der Waals surface area contributed by atoms with Crippen LogP contribution in [0.3, 0.4) is 0 Å². The summed E-state index contributed by atoms with van der Waals surface area (Å²) in [6.07, 6.45) is 0.665. The second-order valence-corrected chi connectivity index (χ2v) is 11.5. The maximum atomic E-state index is 12.9. The SMILES string of the molecule is Cc1c(SNC2CCN(c3ncnc4sc(CC(F)(F)F)cc34)C2)ccc2c1cc(C#N)n2Cc1cn[nH]c1. The minimum atomic E-state index is -4.26. The molecule has 1 atom stereocenters. The quantitative estimate of drug-likeness (QED) is 0.248. The first-order valence-corrected chi connectivity index (χ1v) is 13.9. The number of H-pyrrole nitrogens is 1. The van der Waals surface area contributed by atoms with Crippen LogP contribution >= 0.6 is 23.3 Å². The van der Waals surface area contributed by atoms with Crippen LogP contribution < -0.4 is 9.62 Å². The topological polar surface area (TPSA) is 98.5 Å². The van der Waals surface area contributed by atoms with Gasteiger partial charge in [-0.2, -0.15) is 23.5 Å². The van der Waals surface area contributed by atoms with Gasteiger partial charge in [-0.05, 0) is 55.1 Å². The molecule has 0 aliphatic carbocycles. The molecule has 1 aliphatic heterocycles. The van der Waals surface area contributed by atoms with Crippen molar-refractivity contribution in [3.8, 4) is 6.07 Å². The normalized spacial score (nSPS) is 16.0. The molecule has 1 aromatic carbocycles. The summed E-state index contributed by atoms with van der Waals surface area (Å²) >= 11 is 2.63. The Kier molecular flexibility index (Phi) is 6.70. The Bertz CT molecular complexity index is 1680. The third-order valence-corrected chi connectivity index (χ3v) is 9.03. The van der Waals surface area contributed by atoms with Crippen LogP contribution in [-0.4, -0.2) is 50.0 Å². The van der Waals surface area contributed by atoms with Gasteiger partial charge in [-0.1, -0.05) is 0 Å². The number of halogens is 3. The predicted molar refractivity (Wildman–Crippen MR) is 146 cm³/mol. The molecule has 6 rings (SSSR count). The molecular weight excluding hydrogens is 545 g/mol. The van der Waals surface area contributed by atoms with Gasteiger partial charge in [0.15, 0.2) is 0 Å². The standard InChI is InChI=1S/C26H23F3N8S2/c1-15-20-6-18(9-30)37(12-16-10-33-34-11-16)22(20)2-3-23(15)39-35-17-4-5-36(13-17)24-21-7-19(8-26(27,28)29)38-25(21)32-14-31-24/h2-3,6-7,10-11,14,17,35H,4-5,8,12-13H2,1H3,(H,33,34). The summed E-state index contributed by atoms with van der Waals surface area (Å²) in [4.78, 5) is 12.6. The van der Waals surface area contributed by atoms with E-state index in [0.29, 0.717) is 34.8 Å². The summed E-state index contributed by atoms with van der Waals surface area (Å²) in [7, 11) is 0. The highest BCUT2D eigenvalue weighted by Crippen LogP contribution is 2.35. The Morgan fingerprint density at radius 1 is 1.26 bits per heavy atom. The Hall–Kier alpha value is -3.60. The number of alkyl halides is 3. The number of hydrogen-bond acceptors (Lipinski definition) is 8. The van der Waals surface area contributed by atoms with Gasteiger partial charge in [-0.15, -0.1) is 11.3 Å². The number of aryl methyl sites for hydroxylation is 1. The van der Waals surface area contributed by atoms with E-state index in [4.69, 9.17) is 0 Å². The highest BCUT2D eigenvalue weighted by atomic mass is 32.2. The van der Waals surface area contributed by atoms with Crippen molar-refractivity contribution in [2.75, 3.05) is 18.0 Å².